The number of thiazole rings is 1. The van der Waals surface area contributed by atoms with Crippen LogP contribution in [0.2, 0.25) is 5.02 Å². The Hall–Kier alpha value is -1.26. The molecule has 0 atom stereocenters. The SMILES string of the molecule is Cc1nc(Nc2ccc(Cl)c(N)c2)sc1C. The van der Waals surface area contributed by atoms with Crippen molar-refractivity contribution in [2.75, 3.05) is 11.1 Å². The summed E-state index contributed by atoms with van der Waals surface area (Å²) in [5.41, 5.74) is 8.24. The molecule has 0 saturated heterocycles. The summed E-state index contributed by atoms with van der Waals surface area (Å²) in [7, 11) is 0. The van der Waals surface area contributed by atoms with E-state index in [0.29, 0.717) is 10.7 Å². The zero-order valence-electron chi connectivity index (χ0n) is 9.04. The molecular formula is C11H12ClN3S. The second-order valence-corrected chi connectivity index (χ2v) is 5.13. The summed E-state index contributed by atoms with van der Waals surface area (Å²) in [6.45, 7) is 4.04. The molecule has 0 radical (unpaired) electrons. The van der Waals surface area contributed by atoms with Gasteiger partial charge in [-0.2, -0.15) is 0 Å². The first kappa shape index (κ1) is 11.2. The lowest BCUT2D eigenvalue weighted by molar-refractivity contribution is 1.23. The van der Waals surface area contributed by atoms with Gasteiger partial charge in [0.15, 0.2) is 5.13 Å². The molecular weight excluding hydrogens is 242 g/mol. The highest BCUT2D eigenvalue weighted by Gasteiger charge is 2.04. The molecule has 0 saturated carbocycles. The highest BCUT2D eigenvalue weighted by molar-refractivity contribution is 7.15. The summed E-state index contributed by atoms with van der Waals surface area (Å²) in [6, 6.07) is 5.45. The monoisotopic (exact) mass is 253 g/mol. The maximum absolute atomic E-state index is 5.85. The minimum atomic E-state index is 0.566. The zero-order valence-corrected chi connectivity index (χ0v) is 10.6. The molecule has 84 valence electrons. The van der Waals surface area contributed by atoms with E-state index >= 15 is 0 Å². The van der Waals surface area contributed by atoms with Gasteiger partial charge in [0, 0.05) is 10.6 Å². The van der Waals surface area contributed by atoms with Crippen LogP contribution >= 0.6 is 22.9 Å². The van der Waals surface area contributed by atoms with Crippen molar-refractivity contribution in [3.05, 3.63) is 33.8 Å². The predicted octanol–water partition coefficient (Wildman–Crippen LogP) is 3.74. The van der Waals surface area contributed by atoms with Crippen molar-refractivity contribution < 1.29 is 0 Å². The molecule has 0 aliphatic carbocycles. The highest BCUT2D eigenvalue weighted by atomic mass is 35.5. The summed E-state index contributed by atoms with van der Waals surface area (Å²) in [6.07, 6.45) is 0. The van der Waals surface area contributed by atoms with E-state index in [9.17, 15) is 0 Å². The van der Waals surface area contributed by atoms with Gasteiger partial charge in [-0.3, -0.25) is 0 Å². The van der Waals surface area contributed by atoms with Crippen molar-refractivity contribution in [2.24, 2.45) is 0 Å². The molecule has 5 heteroatoms. The van der Waals surface area contributed by atoms with E-state index in [4.69, 9.17) is 17.3 Å². The summed E-state index contributed by atoms with van der Waals surface area (Å²) < 4.78 is 0. The number of aryl methyl sites for hydroxylation is 2. The number of halogens is 1. The summed E-state index contributed by atoms with van der Waals surface area (Å²) in [4.78, 5) is 5.60. The molecule has 0 fully saturated rings. The van der Waals surface area contributed by atoms with E-state index in [1.165, 1.54) is 4.88 Å². The highest BCUT2D eigenvalue weighted by Crippen LogP contribution is 2.28. The molecule has 0 spiro atoms. The molecule has 2 rings (SSSR count). The van der Waals surface area contributed by atoms with Gasteiger partial charge >= 0.3 is 0 Å². The molecule has 3 nitrogen and oxygen atoms in total. The lowest BCUT2D eigenvalue weighted by Gasteiger charge is -2.04. The van der Waals surface area contributed by atoms with E-state index < -0.39 is 0 Å². The number of benzene rings is 1. The Morgan fingerprint density at radius 1 is 1.38 bits per heavy atom. The number of anilines is 3. The molecule has 0 unspecified atom stereocenters. The number of nitrogens with one attached hydrogen (secondary N) is 1. The van der Waals surface area contributed by atoms with Gasteiger partial charge in [-0.05, 0) is 32.0 Å². The molecule has 0 bridgehead atoms. The van der Waals surface area contributed by atoms with Crippen LogP contribution in [0.4, 0.5) is 16.5 Å². The van der Waals surface area contributed by atoms with Crippen LogP contribution < -0.4 is 11.1 Å². The van der Waals surface area contributed by atoms with Crippen molar-refractivity contribution in [1.82, 2.24) is 4.98 Å². The molecule has 3 N–H and O–H groups in total. The second-order valence-electron chi connectivity index (χ2n) is 3.52. The predicted molar refractivity (Wildman–Crippen MR) is 70.7 cm³/mol. The maximum Gasteiger partial charge on any atom is 0.187 e. The quantitative estimate of drug-likeness (QED) is 0.802. The van der Waals surface area contributed by atoms with Crippen molar-refractivity contribution in [2.45, 2.75) is 13.8 Å². The molecule has 0 amide bonds. The lowest BCUT2D eigenvalue weighted by Crippen LogP contribution is -1.92. The van der Waals surface area contributed by atoms with E-state index in [1.807, 2.05) is 13.0 Å². The standard InChI is InChI=1S/C11H12ClN3S/c1-6-7(2)16-11(14-6)15-8-3-4-9(12)10(13)5-8/h3-5H,13H2,1-2H3,(H,14,15). The molecule has 0 aliphatic heterocycles. The van der Waals surface area contributed by atoms with E-state index in [-0.39, 0.29) is 0 Å². The van der Waals surface area contributed by atoms with Gasteiger partial charge in [0.05, 0.1) is 16.4 Å². The summed E-state index contributed by atoms with van der Waals surface area (Å²) in [5, 5.41) is 4.64. The van der Waals surface area contributed by atoms with Gasteiger partial charge in [-0.1, -0.05) is 11.6 Å². The topological polar surface area (TPSA) is 50.9 Å². The average molecular weight is 254 g/mol. The third kappa shape index (κ3) is 2.28. The molecule has 1 aromatic heterocycles. The minimum absolute atomic E-state index is 0.566. The average Bonchev–Trinajstić information content (AvgIpc) is 2.52. The van der Waals surface area contributed by atoms with E-state index in [1.54, 1.807) is 23.5 Å². The number of hydrogen-bond donors (Lipinski definition) is 2. The Labute approximate surface area is 103 Å². The lowest BCUT2D eigenvalue weighted by atomic mass is 10.3. The molecule has 16 heavy (non-hydrogen) atoms. The van der Waals surface area contributed by atoms with Gasteiger partial charge in [0.2, 0.25) is 0 Å². The van der Waals surface area contributed by atoms with Gasteiger partial charge < -0.3 is 11.1 Å². The number of nitrogens with zero attached hydrogens (tertiary/aromatic N) is 1. The largest absolute Gasteiger partial charge is 0.397 e. The van der Waals surface area contributed by atoms with E-state index in [0.717, 1.165) is 16.5 Å². The van der Waals surface area contributed by atoms with Crippen LogP contribution in [0.1, 0.15) is 10.6 Å². The molecule has 1 aromatic carbocycles. The van der Waals surface area contributed by atoms with Gasteiger partial charge in [0.25, 0.3) is 0 Å². The summed E-state index contributed by atoms with van der Waals surface area (Å²) in [5.74, 6) is 0. The third-order valence-corrected chi connectivity index (χ3v) is 3.61. The first-order valence-corrected chi connectivity index (χ1v) is 6.02. The van der Waals surface area contributed by atoms with Crippen LogP contribution in [-0.2, 0) is 0 Å². The first-order chi connectivity index (χ1) is 7.56. The number of nitrogen functional groups attached to an aromatic ring is 1. The Kier molecular flexibility index (Phi) is 3.03. The Bertz CT molecular complexity index is 502. The Balaban J connectivity index is 2.23. The fourth-order valence-electron chi connectivity index (χ4n) is 1.27. The van der Waals surface area contributed by atoms with Gasteiger partial charge in [0.1, 0.15) is 0 Å². The van der Waals surface area contributed by atoms with Gasteiger partial charge in [-0.25, -0.2) is 4.98 Å². The fourth-order valence-corrected chi connectivity index (χ4v) is 2.22. The number of hydrogen-bond acceptors (Lipinski definition) is 4. The normalized spacial score (nSPS) is 10.4. The first-order valence-electron chi connectivity index (χ1n) is 4.82. The van der Waals surface area contributed by atoms with Crippen molar-refractivity contribution in [3.63, 3.8) is 0 Å². The maximum atomic E-state index is 5.85. The smallest absolute Gasteiger partial charge is 0.187 e. The van der Waals surface area contributed by atoms with Crippen LogP contribution in [0.25, 0.3) is 0 Å². The fraction of sp³-hybridized carbons (Fsp3) is 0.182. The zero-order chi connectivity index (χ0) is 11.7. The van der Waals surface area contributed by atoms with Crippen LogP contribution in [0.3, 0.4) is 0 Å². The Morgan fingerprint density at radius 2 is 2.12 bits per heavy atom. The second kappa shape index (κ2) is 4.31. The number of aromatic nitrogens is 1. The van der Waals surface area contributed by atoms with Crippen LogP contribution in [0.15, 0.2) is 18.2 Å². The summed E-state index contributed by atoms with van der Waals surface area (Å²) >= 11 is 7.47. The Morgan fingerprint density at radius 3 is 2.69 bits per heavy atom. The minimum Gasteiger partial charge on any atom is -0.397 e. The van der Waals surface area contributed by atoms with Crippen LogP contribution in [0, 0.1) is 13.8 Å². The number of rotatable bonds is 2. The van der Waals surface area contributed by atoms with Gasteiger partial charge in [-0.15, -0.1) is 11.3 Å². The van der Waals surface area contributed by atoms with Crippen molar-refractivity contribution in [1.29, 1.82) is 0 Å². The van der Waals surface area contributed by atoms with E-state index in [2.05, 4.69) is 17.2 Å². The third-order valence-electron chi connectivity index (χ3n) is 2.28. The van der Waals surface area contributed by atoms with Crippen molar-refractivity contribution in [3.8, 4) is 0 Å². The van der Waals surface area contributed by atoms with Crippen LogP contribution in [-0.4, -0.2) is 4.98 Å². The molecule has 1 heterocycles. The van der Waals surface area contributed by atoms with Crippen LogP contribution in [0.5, 0.6) is 0 Å². The molecule has 0 aliphatic rings. The number of nitrogens with two attached hydrogens (primary N) is 1. The molecule has 2 aromatic rings. The van der Waals surface area contributed by atoms with Crippen molar-refractivity contribution >= 4 is 39.4 Å².